The predicted octanol–water partition coefficient (Wildman–Crippen LogP) is 3.22. The second-order valence-electron chi connectivity index (χ2n) is 7.10. The number of carbonyl (C=O) groups excluding carboxylic acids is 2. The van der Waals surface area contributed by atoms with Gasteiger partial charge in [-0.15, -0.1) is 0 Å². The summed E-state index contributed by atoms with van der Waals surface area (Å²) in [6, 6.07) is 25.9. The number of ether oxygens (including phenoxy) is 1. The largest absolute Gasteiger partial charge is 0.495 e. The average Bonchev–Trinajstić information content (AvgIpc) is 2.84. The SMILES string of the molecule is COc1ccccc1NC(=O)C/C(N)=N/OCC(=O)NC(c1ccccc1)c1ccccc1. The van der Waals surface area contributed by atoms with Gasteiger partial charge >= 0.3 is 0 Å². The fourth-order valence-corrected chi connectivity index (χ4v) is 3.17. The molecule has 0 aliphatic rings. The number of nitrogens with two attached hydrogens (primary N) is 1. The Balaban J connectivity index is 1.53. The van der Waals surface area contributed by atoms with E-state index in [9.17, 15) is 9.59 Å². The lowest BCUT2D eigenvalue weighted by Gasteiger charge is -2.19. The Morgan fingerprint density at radius 3 is 2.06 bits per heavy atom. The average molecular weight is 447 g/mol. The Kier molecular flexibility index (Phi) is 8.41. The van der Waals surface area contributed by atoms with Gasteiger partial charge in [0.2, 0.25) is 5.91 Å². The molecule has 3 rings (SSSR count). The standard InChI is InChI=1S/C25H26N4O4/c1-32-21-15-9-8-14-20(21)27-23(30)16-22(26)29-33-17-24(31)28-25(18-10-4-2-5-11-18)19-12-6-3-7-13-19/h2-15,25H,16-17H2,1H3,(H2,26,29)(H,27,30)(H,28,31). The number of anilines is 1. The third-order valence-electron chi connectivity index (χ3n) is 4.67. The van der Waals surface area contributed by atoms with Gasteiger partial charge in [0.15, 0.2) is 6.61 Å². The molecule has 0 saturated carbocycles. The van der Waals surface area contributed by atoms with E-state index >= 15 is 0 Å². The quantitative estimate of drug-likeness (QED) is 0.251. The maximum atomic E-state index is 12.5. The molecule has 0 bridgehead atoms. The maximum absolute atomic E-state index is 12.5. The molecule has 0 radical (unpaired) electrons. The highest BCUT2D eigenvalue weighted by atomic mass is 16.6. The second kappa shape index (κ2) is 11.9. The molecule has 4 N–H and O–H groups in total. The van der Waals surface area contributed by atoms with Crippen molar-refractivity contribution < 1.29 is 19.2 Å². The first-order chi connectivity index (χ1) is 16.1. The molecule has 170 valence electrons. The summed E-state index contributed by atoms with van der Waals surface area (Å²) in [5, 5.41) is 9.32. The molecule has 0 heterocycles. The van der Waals surface area contributed by atoms with Crippen LogP contribution in [0, 0.1) is 0 Å². The van der Waals surface area contributed by atoms with Crippen molar-refractivity contribution in [2.75, 3.05) is 19.0 Å². The first kappa shape index (κ1) is 23.3. The van der Waals surface area contributed by atoms with Gasteiger partial charge in [-0.2, -0.15) is 0 Å². The molecule has 33 heavy (non-hydrogen) atoms. The topological polar surface area (TPSA) is 115 Å². The van der Waals surface area contributed by atoms with Gasteiger partial charge < -0.3 is 25.9 Å². The summed E-state index contributed by atoms with van der Waals surface area (Å²) in [6.45, 7) is -0.342. The van der Waals surface area contributed by atoms with Crippen molar-refractivity contribution in [2.24, 2.45) is 10.9 Å². The maximum Gasteiger partial charge on any atom is 0.261 e. The van der Waals surface area contributed by atoms with E-state index in [1.54, 1.807) is 24.3 Å². The van der Waals surface area contributed by atoms with Crippen molar-refractivity contribution in [2.45, 2.75) is 12.5 Å². The van der Waals surface area contributed by atoms with Gasteiger partial charge in [-0.25, -0.2) is 0 Å². The number of amidine groups is 1. The van der Waals surface area contributed by atoms with E-state index in [-0.39, 0.29) is 36.7 Å². The van der Waals surface area contributed by atoms with Gasteiger partial charge in [0.1, 0.15) is 11.6 Å². The van der Waals surface area contributed by atoms with Gasteiger partial charge in [-0.1, -0.05) is 78.0 Å². The normalized spacial score (nSPS) is 11.0. The van der Waals surface area contributed by atoms with Crippen molar-refractivity contribution in [3.8, 4) is 5.75 Å². The monoisotopic (exact) mass is 446 g/mol. The number of para-hydroxylation sites is 2. The third kappa shape index (κ3) is 7.10. The highest BCUT2D eigenvalue weighted by Gasteiger charge is 2.17. The molecule has 8 heteroatoms. The molecule has 0 aliphatic heterocycles. The van der Waals surface area contributed by atoms with Crippen LogP contribution in [0.5, 0.6) is 5.75 Å². The lowest BCUT2D eigenvalue weighted by molar-refractivity contribution is -0.126. The molecule has 3 aromatic rings. The van der Waals surface area contributed by atoms with E-state index < -0.39 is 0 Å². The molecule has 0 fully saturated rings. The number of hydrogen-bond donors (Lipinski definition) is 3. The van der Waals surface area contributed by atoms with Gasteiger partial charge in [0, 0.05) is 0 Å². The molecule has 2 amide bonds. The molecule has 8 nitrogen and oxygen atoms in total. The fourth-order valence-electron chi connectivity index (χ4n) is 3.17. The Morgan fingerprint density at radius 1 is 0.879 bits per heavy atom. The van der Waals surface area contributed by atoms with Gasteiger partial charge in [0.25, 0.3) is 5.91 Å². The Morgan fingerprint density at radius 2 is 1.45 bits per heavy atom. The smallest absolute Gasteiger partial charge is 0.261 e. The van der Waals surface area contributed by atoms with E-state index in [1.165, 1.54) is 7.11 Å². The lowest BCUT2D eigenvalue weighted by atomic mass is 9.99. The number of rotatable bonds is 10. The number of benzene rings is 3. The highest BCUT2D eigenvalue weighted by molar-refractivity contribution is 6.05. The number of oxime groups is 1. The summed E-state index contributed by atoms with van der Waals surface area (Å²) >= 11 is 0. The molecule has 0 aliphatic carbocycles. The van der Waals surface area contributed by atoms with Gasteiger partial charge in [0.05, 0.1) is 25.3 Å². The number of nitrogens with zero attached hydrogens (tertiary/aromatic N) is 1. The van der Waals surface area contributed by atoms with Crippen LogP contribution >= 0.6 is 0 Å². The Bertz CT molecular complexity index is 1050. The van der Waals surface area contributed by atoms with Crippen LogP contribution in [-0.2, 0) is 14.4 Å². The first-order valence-electron chi connectivity index (χ1n) is 10.3. The lowest BCUT2D eigenvalue weighted by Crippen LogP contribution is -2.32. The van der Waals surface area contributed by atoms with Crippen molar-refractivity contribution in [1.29, 1.82) is 0 Å². The molecule has 3 aromatic carbocycles. The first-order valence-corrected chi connectivity index (χ1v) is 10.3. The third-order valence-corrected chi connectivity index (χ3v) is 4.67. The molecular weight excluding hydrogens is 420 g/mol. The zero-order chi connectivity index (χ0) is 23.5. The van der Waals surface area contributed by atoms with Crippen molar-refractivity contribution in [3.05, 3.63) is 96.1 Å². The van der Waals surface area contributed by atoms with Crippen LogP contribution in [0.3, 0.4) is 0 Å². The van der Waals surface area contributed by atoms with E-state index in [2.05, 4.69) is 15.8 Å². The Hall–Kier alpha value is -4.33. The van der Waals surface area contributed by atoms with Gasteiger partial charge in [-0.05, 0) is 23.3 Å². The van der Waals surface area contributed by atoms with E-state index in [4.69, 9.17) is 15.3 Å². The van der Waals surface area contributed by atoms with Crippen LogP contribution in [0.1, 0.15) is 23.6 Å². The molecule has 0 aromatic heterocycles. The van der Waals surface area contributed by atoms with Crippen LogP contribution in [0.15, 0.2) is 90.1 Å². The summed E-state index contributed by atoms with van der Waals surface area (Å²) in [5.74, 6) is -0.289. The van der Waals surface area contributed by atoms with Crippen LogP contribution in [-0.4, -0.2) is 31.4 Å². The van der Waals surface area contributed by atoms with Crippen molar-refractivity contribution in [1.82, 2.24) is 5.32 Å². The number of hydrogen-bond acceptors (Lipinski definition) is 5. The summed E-state index contributed by atoms with van der Waals surface area (Å²) in [7, 11) is 1.51. The molecule has 0 spiro atoms. The molecule has 0 unspecified atom stereocenters. The zero-order valence-corrected chi connectivity index (χ0v) is 18.2. The molecule has 0 saturated heterocycles. The minimum atomic E-state index is -0.387. The number of amides is 2. The van der Waals surface area contributed by atoms with Crippen molar-refractivity contribution in [3.63, 3.8) is 0 Å². The summed E-state index contributed by atoms with van der Waals surface area (Å²) < 4.78 is 5.19. The number of carbonyl (C=O) groups is 2. The van der Waals surface area contributed by atoms with Gasteiger partial charge in [-0.3, -0.25) is 9.59 Å². The van der Waals surface area contributed by atoms with Crippen LogP contribution in [0.2, 0.25) is 0 Å². The Labute approximate surface area is 192 Å². The molecule has 0 atom stereocenters. The van der Waals surface area contributed by atoms with Crippen LogP contribution in [0.25, 0.3) is 0 Å². The van der Waals surface area contributed by atoms with Crippen LogP contribution < -0.4 is 21.1 Å². The second-order valence-corrected chi connectivity index (χ2v) is 7.10. The summed E-state index contributed by atoms with van der Waals surface area (Å²) in [5.41, 5.74) is 8.17. The molecular formula is C25H26N4O4. The van der Waals surface area contributed by atoms with E-state index in [0.29, 0.717) is 11.4 Å². The van der Waals surface area contributed by atoms with Crippen molar-refractivity contribution >= 4 is 23.3 Å². The summed E-state index contributed by atoms with van der Waals surface area (Å²) in [4.78, 5) is 29.7. The highest BCUT2D eigenvalue weighted by Crippen LogP contribution is 2.23. The number of nitrogens with one attached hydrogen (secondary N) is 2. The minimum Gasteiger partial charge on any atom is -0.495 e. The van der Waals surface area contributed by atoms with Crippen LogP contribution in [0.4, 0.5) is 5.69 Å². The van der Waals surface area contributed by atoms with E-state index in [1.807, 2.05) is 60.7 Å². The number of methoxy groups -OCH3 is 1. The minimum absolute atomic E-state index is 0.0575. The van der Waals surface area contributed by atoms with E-state index in [0.717, 1.165) is 11.1 Å². The fraction of sp³-hybridized carbons (Fsp3) is 0.160. The zero-order valence-electron chi connectivity index (χ0n) is 18.2. The predicted molar refractivity (Wildman–Crippen MR) is 127 cm³/mol. The summed E-state index contributed by atoms with van der Waals surface area (Å²) in [6.07, 6.45) is -0.198.